The molecule has 0 unspecified atom stereocenters. The van der Waals surface area contributed by atoms with E-state index < -0.39 is 0 Å². The maximum atomic E-state index is 4.04. The Balaban J connectivity index is 2.54. The van der Waals surface area contributed by atoms with Crippen LogP contribution in [0.2, 0.25) is 0 Å². The van der Waals surface area contributed by atoms with Crippen molar-refractivity contribution >= 4 is 0 Å². The molecule has 0 atom stereocenters. The van der Waals surface area contributed by atoms with Crippen LogP contribution < -0.4 is 5.32 Å². The van der Waals surface area contributed by atoms with Crippen LogP contribution in [0.4, 0.5) is 0 Å². The molecule has 0 fully saturated rings. The molecule has 74 valence electrons. The van der Waals surface area contributed by atoms with Gasteiger partial charge in [0.2, 0.25) is 0 Å². The molecule has 0 bridgehead atoms. The van der Waals surface area contributed by atoms with Crippen LogP contribution in [0.25, 0.3) is 0 Å². The lowest BCUT2D eigenvalue weighted by Gasteiger charge is -2.20. The van der Waals surface area contributed by atoms with E-state index in [9.17, 15) is 0 Å². The summed E-state index contributed by atoms with van der Waals surface area (Å²) in [5.41, 5.74) is 0.129. The van der Waals surface area contributed by atoms with Gasteiger partial charge in [0.15, 0.2) is 0 Å². The molecular formula is C9H18N4. The van der Waals surface area contributed by atoms with Crippen LogP contribution in [0.1, 0.15) is 33.5 Å². The standard InChI is InChI=1S/C9H18N4/c1-5-13-7-11-12-8(13)6-10-9(2,3)4/h7,10H,5-6H2,1-4H3. The third-order valence-corrected chi connectivity index (χ3v) is 1.81. The number of aryl methyl sites for hydroxylation is 1. The molecule has 1 aromatic rings. The summed E-state index contributed by atoms with van der Waals surface area (Å²) in [6.45, 7) is 10.2. The van der Waals surface area contributed by atoms with Crippen LogP contribution in [-0.4, -0.2) is 20.3 Å². The van der Waals surface area contributed by atoms with Crippen molar-refractivity contribution in [1.29, 1.82) is 0 Å². The summed E-state index contributed by atoms with van der Waals surface area (Å²) < 4.78 is 2.04. The summed E-state index contributed by atoms with van der Waals surface area (Å²) in [7, 11) is 0. The molecule has 1 aromatic heterocycles. The fraction of sp³-hybridized carbons (Fsp3) is 0.778. The lowest BCUT2D eigenvalue weighted by Crippen LogP contribution is -2.35. The van der Waals surface area contributed by atoms with Gasteiger partial charge in [-0.3, -0.25) is 0 Å². The van der Waals surface area contributed by atoms with E-state index in [0.717, 1.165) is 18.9 Å². The minimum Gasteiger partial charge on any atom is -0.317 e. The van der Waals surface area contributed by atoms with Gasteiger partial charge in [-0.1, -0.05) is 0 Å². The number of rotatable bonds is 3. The second-order valence-electron chi connectivity index (χ2n) is 4.14. The van der Waals surface area contributed by atoms with Crippen molar-refractivity contribution < 1.29 is 0 Å². The summed E-state index contributed by atoms with van der Waals surface area (Å²) in [6.07, 6.45) is 1.76. The zero-order chi connectivity index (χ0) is 9.90. The van der Waals surface area contributed by atoms with Gasteiger partial charge in [-0.15, -0.1) is 10.2 Å². The molecule has 0 aromatic carbocycles. The Morgan fingerprint density at radius 2 is 2.15 bits per heavy atom. The zero-order valence-corrected chi connectivity index (χ0v) is 8.83. The molecule has 0 saturated heterocycles. The SMILES string of the molecule is CCn1cnnc1CNC(C)(C)C. The monoisotopic (exact) mass is 182 g/mol. The Kier molecular flexibility index (Phi) is 3.03. The highest BCUT2D eigenvalue weighted by atomic mass is 15.3. The van der Waals surface area contributed by atoms with Gasteiger partial charge in [0.25, 0.3) is 0 Å². The molecule has 13 heavy (non-hydrogen) atoms. The maximum absolute atomic E-state index is 4.04. The van der Waals surface area contributed by atoms with Gasteiger partial charge in [0, 0.05) is 12.1 Å². The second-order valence-corrected chi connectivity index (χ2v) is 4.14. The van der Waals surface area contributed by atoms with E-state index >= 15 is 0 Å². The van der Waals surface area contributed by atoms with E-state index in [-0.39, 0.29) is 5.54 Å². The first-order valence-corrected chi connectivity index (χ1v) is 4.64. The van der Waals surface area contributed by atoms with Crippen LogP contribution in [0, 0.1) is 0 Å². The van der Waals surface area contributed by atoms with Gasteiger partial charge in [-0.2, -0.15) is 0 Å². The zero-order valence-electron chi connectivity index (χ0n) is 8.83. The highest BCUT2D eigenvalue weighted by Crippen LogP contribution is 2.01. The van der Waals surface area contributed by atoms with E-state index in [1.165, 1.54) is 0 Å². The van der Waals surface area contributed by atoms with E-state index in [1.807, 2.05) is 4.57 Å². The van der Waals surface area contributed by atoms with Crippen molar-refractivity contribution in [2.24, 2.45) is 0 Å². The summed E-state index contributed by atoms with van der Waals surface area (Å²) in [4.78, 5) is 0. The second kappa shape index (κ2) is 3.87. The molecule has 0 aliphatic heterocycles. The molecule has 1 N–H and O–H groups in total. The molecule has 0 saturated carbocycles. The minimum absolute atomic E-state index is 0.129. The van der Waals surface area contributed by atoms with Crippen LogP contribution >= 0.6 is 0 Å². The molecule has 0 radical (unpaired) electrons. The van der Waals surface area contributed by atoms with Gasteiger partial charge >= 0.3 is 0 Å². The summed E-state index contributed by atoms with van der Waals surface area (Å²) in [6, 6.07) is 0. The number of hydrogen-bond acceptors (Lipinski definition) is 3. The molecule has 4 heteroatoms. The lowest BCUT2D eigenvalue weighted by molar-refractivity contribution is 0.412. The Morgan fingerprint density at radius 1 is 1.46 bits per heavy atom. The van der Waals surface area contributed by atoms with E-state index in [4.69, 9.17) is 0 Å². The largest absolute Gasteiger partial charge is 0.317 e. The summed E-state index contributed by atoms with van der Waals surface area (Å²) in [5.74, 6) is 0.998. The topological polar surface area (TPSA) is 42.7 Å². The van der Waals surface area contributed by atoms with E-state index in [1.54, 1.807) is 6.33 Å². The third kappa shape index (κ3) is 3.14. The first-order valence-electron chi connectivity index (χ1n) is 4.64. The number of nitrogens with one attached hydrogen (secondary N) is 1. The van der Waals surface area contributed by atoms with Crippen molar-refractivity contribution in [3.05, 3.63) is 12.2 Å². The van der Waals surface area contributed by atoms with Crippen LogP contribution in [0.3, 0.4) is 0 Å². The predicted molar refractivity (Wildman–Crippen MR) is 52.3 cm³/mol. The van der Waals surface area contributed by atoms with Crippen LogP contribution in [0.5, 0.6) is 0 Å². The molecule has 1 heterocycles. The van der Waals surface area contributed by atoms with E-state index in [0.29, 0.717) is 0 Å². The predicted octanol–water partition coefficient (Wildman–Crippen LogP) is 1.19. The highest BCUT2D eigenvalue weighted by Gasteiger charge is 2.10. The molecule has 1 rings (SSSR count). The fourth-order valence-electron chi connectivity index (χ4n) is 1.02. The normalized spacial score (nSPS) is 12.0. The van der Waals surface area contributed by atoms with E-state index in [2.05, 4.69) is 43.2 Å². The Bertz CT molecular complexity index is 259. The first-order chi connectivity index (χ1) is 6.03. The quantitative estimate of drug-likeness (QED) is 0.763. The van der Waals surface area contributed by atoms with Gasteiger partial charge in [0.05, 0.1) is 6.54 Å². The van der Waals surface area contributed by atoms with Crippen molar-refractivity contribution in [3.63, 3.8) is 0 Å². The average molecular weight is 182 g/mol. The molecule has 0 aliphatic rings. The third-order valence-electron chi connectivity index (χ3n) is 1.81. The summed E-state index contributed by atoms with van der Waals surface area (Å²) in [5, 5.41) is 11.3. The molecule has 4 nitrogen and oxygen atoms in total. The molecule has 0 aliphatic carbocycles. The number of hydrogen-bond donors (Lipinski definition) is 1. The van der Waals surface area contributed by atoms with Crippen molar-refractivity contribution in [2.75, 3.05) is 0 Å². The number of nitrogens with zero attached hydrogens (tertiary/aromatic N) is 3. The van der Waals surface area contributed by atoms with Crippen molar-refractivity contribution in [2.45, 2.75) is 46.3 Å². The van der Waals surface area contributed by atoms with Gasteiger partial charge < -0.3 is 9.88 Å². The van der Waals surface area contributed by atoms with Gasteiger partial charge in [-0.05, 0) is 27.7 Å². The fourth-order valence-corrected chi connectivity index (χ4v) is 1.02. The van der Waals surface area contributed by atoms with Gasteiger partial charge in [-0.25, -0.2) is 0 Å². The maximum Gasteiger partial charge on any atom is 0.146 e. The Labute approximate surface area is 79.4 Å². The Hall–Kier alpha value is -0.900. The van der Waals surface area contributed by atoms with Gasteiger partial charge in [0.1, 0.15) is 12.2 Å². The summed E-state index contributed by atoms with van der Waals surface area (Å²) >= 11 is 0. The minimum atomic E-state index is 0.129. The first kappa shape index (κ1) is 10.2. The van der Waals surface area contributed by atoms with Crippen molar-refractivity contribution in [3.8, 4) is 0 Å². The Morgan fingerprint density at radius 3 is 2.69 bits per heavy atom. The molecular weight excluding hydrogens is 164 g/mol. The van der Waals surface area contributed by atoms with Crippen molar-refractivity contribution in [1.82, 2.24) is 20.1 Å². The van der Waals surface area contributed by atoms with Crippen LogP contribution in [-0.2, 0) is 13.1 Å². The lowest BCUT2D eigenvalue weighted by atomic mass is 10.1. The van der Waals surface area contributed by atoms with Crippen LogP contribution in [0.15, 0.2) is 6.33 Å². The smallest absolute Gasteiger partial charge is 0.146 e. The molecule has 0 spiro atoms. The average Bonchev–Trinajstić information content (AvgIpc) is 2.46. The highest BCUT2D eigenvalue weighted by molar-refractivity contribution is 4.86. The molecule has 0 amide bonds. The number of aromatic nitrogens is 3.